The SMILES string of the molecule is CCN(CC)C(C)(N)Cc1ccccc1Cl. The van der Waals surface area contributed by atoms with Crippen molar-refractivity contribution >= 4 is 11.6 Å². The van der Waals surface area contributed by atoms with Crippen LogP contribution in [-0.2, 0) is 6.42 Å². The second kappa shape index (κ2) is 5.67. The zero-order chi connectivity index (χ0) is 12.2. The van der Waals surface area contributed by atoms with Gasteiger partial charge in [0.05, 0.1) is 5.66 Å². The third-order valence-corrected chi connectivity index (χ3v) is 3.36. The van der Waals surface area contributed by atoms with E-state index >= 15 is 0 Å². The average molecular weight is 241 g/mol. The van der Waals surface area contributed by atoms with Gasteiger partial charge in [-0.2, -0.15) is 0 Å². The number of likely N-dealkylation sites (N-methyl/N-ethyl adjacent to an activating group) is 1. The summed E-state index contributed by atoms with van der Waals surface area (Å²) < 4.78 is 0. The van der Waals surface area contributed by atoms with E-state index in [0.29, 0.717) is 0 Å². The third-order valence-electron chi connectivity index (χ3n) is 2.99. The molecule has 0 aliphatic carbocycles. The third kappa shape index (κ3) is 3.21. The molecule has 16 heavy (non-hydrogen) atoms. The van der Waals surface area contributed by atoms with E-state index in [4.69, 9.17) is 17.3 Å². The molecule has 0 aliphatic heterocycles. The van der Waals surface area contributed by atoms with Gasteiger partial charge < -0.3 is 5.73 Å². The number of benzene rings is 1. The van der Waals surface area contributed by atoms with Crippen LogP contribution in [0.2, 0.25) is 5.02 Å². The minimum atomic E-state index is -0.339. The molecular weight excluding hydrogens is 220 g/mol. The van der Waals surface area contributed by atoms with Crippen LogP contribution in [-0.4, -0.2) is 23.7 Å². The Morgan fingerprint density at radius 3 is 2.31 bits per heavy atom. The first-order valence-electron chi connectivity index (χ1n) is 5.78. The summed E-state index contributed by atoms with van der Waals surface area (Å²) >= 11 is 6.15. The molecule has 0 aliphatic rings. The second-order valence-corrected chi connectivity index (χ2v) is 4.70. The molecule has 1 unspecified atom stereocenters. The van der Waals surface area contributed by atoms with Crippen molar-refractivity contribution in [3.05, 3.63) is 34.9 Å². The highest BCUT2D eigenvalue weighted by Gasteiger charge is 2.25. The highest BCUT2D eigenvalue weighted by atomic mass is 35.5. The number of hydrogen-bond donors (Lipinski definition) is 1. The summed E-state index contributed by atoms with van der Waals surface area (Å²) in [5.41, 5.74) is 7.12. The topological polar surface area (TPSA) is 29.3 Å². The number of halogens is 1. The molecule has 0 spiro atoms. The van der Waals surface area contributed by atoms with E-state index in [9.17, 15) is 0 Å². The number of nitrogens with zero attached hydrogens (tertiary/aromatic N) is 1. The Hall–Kier alpha value is -0.570. The maximum absolute atomic E-state index is 6.35. The van der Waals surface area contributed by atoms with Gasteiger partial charge in [0.2, 0.25) is 0 Å². The summed E-state index contributed by atoms with van der Waals surface area (Å²) in [4.78, 5) is 2.25. The highest BCUT2D eigenvalue weighted by Crippen LogP contribution is 2.21. The molecule has 2 N–H and O–H groups in total. The fourth-order valence-electron chi connectivity index (χ4n) is 2.09. The molecule has 0 saturated carbocycles. The van der Waals surface area contributed by atoms with Crippen LogP contribution in [0.4, 0.5) is 0 Å². The van der Waals surface area contributed by atoms with Gasteiger partial charge in [0.15, 0.2) is 0 Å². The predicted molar refractivity (Wildman–Crippen MR) is 70.7 cm³/mol. The summed E-state index contributed by atoms with van der Waals surface area (Å²) in [5, 5.41) is 0.798. The first-order valence-corrected chi connectivity index (χ1v) is 6.16. The number of nitrogens with two attached hydrogens (primary N) is 1. The van der Waals surface area contributed by atoms with Gasteiger partial charge in [0.25, 0.3) is 0 Å². The van der Waals surface area contributed by atoms with Gasteiger partial charge in [0, 0.05) is 11.4 Å². The van der Waals surface area contributed by atoms with Crippen LogP contribution in [0.15, 0.2) is 24.3 Å². The molecule has 0 amide bonds. The lowest BCUT2D eigenvalue weighted by Gasteiger charge is -2.37. The van der Waals surface area contributed by atoms with Crippen molar-refractivity contribution in [3.63, 3.8) is 0 Å². The van der Waals surface area contributed by atoms with E-state index in [2.05, 4.69) is 25.7 Å². The van der Waals surface area contributed by atoms with Gasteiger partial charge in [-0.1, -0.05) is 43.6 Å². The smallest absolute Gasteiger partial charge is 0.0699 e. The van der Waals surface area contributed by atoms with E-state index in [-0.39, 0.29) is 5.66 Å². The van der Waals surface area contributed by atoms with Crippen LogP contribution in [0.5, 0.6) is 0 Å². The van der Waals surface area contributed by atoms with E-state index in [0.717, 1.165) is 30.1 Å². The van der Waals surface area contributed by atoms with Crippen LogP contribution in [0, 0.1) is 0 Å². The van der Waals surface area contributed by atoms with Gasteiger partial charge in [0.1, 0.15) is 0 Å². The van der Waals surface area contributed by atoms with Crippen molar-refractivity contribution in [3.8, 4) is 0 Å². The van der Waals surface area contributed by atoms with Gasteiger partial charge in [-0.3, -0.25) is 4.90 Å². The molecule has 3 heteroatoms. The van der Waals surface area contributed by atoms with Crippen LogP contribution in [0.1, 0.15) is 26.3 Å². The van der Waals surface area contributed by atoms with Crippen molar-refractivity contribution in [2.75, 3.05) is 13.1 Å². The van der Waals surface area contributed by atoms with Crippen molar-refractivity contribution in [1.29, 1.82) is 0 Å². The van der Waals surface area contributed by atoms with Crippen LogP contribution >= 0.6 is 11.6 Å². The molecule has 0 bridgehead atoms. The second-order valence-electron chi connectivity index (χ2n) is 4.30. The fourth-order valence-corrected chi connectivity index (χ4v) is 2.29. The molecule has 1 aromatic carbocycles. The lowest BCUT2D eigenvalue weighted by atomic mass is 10.0. The van der Waals surface area contributed by atoms with E-state index in [1.807, 2.05) is 24.3 Å². The van der Waals surface area contributed by atoms with Crippen LogP contribution in [0.25, 0.3) is 0 Å². The standard InChI is InChI=1S/C13H21ClN2/c1-4-16(5-2)13(3,15)10-11-8-6-7-9-12(11)14/h6-9H,4-5,10,15H2,1-3H3. The van der Waals surface area contributed by atoms with E-state index < -0.39 is 0 Å². The molecule has 1 atom stereocenters. The quantitative estimate of drug-likeness (QED) is 0.802. The normalized spacial score (nSPS) is 15.1. The predicted octanol–water partition coefficient (Wildman–Crippen LogP) is 2.90. The molecule has 90 valence electrons. The Morgan fingerprint density at radius 2 is 1.81 bits per heavy atom. The Labute approximate surface area is 103 Å². The first kappa shape index (κ1) is 13.5. The summed E-state index contributed by atoms with van der Waals surface area (Å²) in [6.45, 7) is 8.22. The summed E-state index contributed by atoms with van der Waals surface area (Å²) in [6.07, 6.45) is 0.772. The Kier molecular flexibility index (Phi) is 4.78. The molecule has 1 rings (SSSR count). The molecule has 0 saturated heterocycles. The molecule has 0 aromatic heterocycles. The molecule has 2 nitrogen and oxygen atoms in total. The molecule has 0 heterocycles. The van der Waals surface area contributed by atoms with Crippen molar-refractivity contribution in [2.45, 2.75) is 32.9 Å². The first-order chi connectivity index (χ1) is 7.51. The Morgan fingerprint density at radius 1 is 1.25 bits per heavy atom. The Balaban J connectivity index is 2.83. The Bertz CT molecular complexity index is 332. The van der Waals surface area contributed by atoms with E-state index in [1.54, 1.807) is 0 Å². The summed E-state index contributed by atoms with van der Waals surface area (Å²) in [5.74, 6) is 0. The fraction of sp³-hybridized carbons (Fsp3) is 0.538. The van der Waals surface area contributed by atoms with Crippen molar-refractivity contribution < 1.29 is 0 Å². The van der Waals surface area contributed by atoms with Crippen molar-refractivity contribution in [2.24, 2.45) is 5.73 Å². The average Bonchev–Trinajstić information content (AvgIpc) is 2.22. The molecule has 0 radical (unpaired) electrons. The summed E-state index contributed by atoms with van der Waals surface area (Å²) in [6, 6.07) is 7.89. The maximum Gasteiger partial charge on any atom is 0.0699 e. The highest BCUT2D eigenvalue weighted by molar-refractivity contribution is 6.31. The number of hydrogen-bond acceptors (Lipinski definition) is 2. The maximum atomic E-state index is 6.35. The lowest BCUT2D eigenvalue weighted by Crippen LogP contribution is -2.55. The van der Waals surface area contributed by atoms with Crippen molar-refractivity contribution in [1.82, 2.24) is 4.90 Å². The zero-order valence-corrected chi connectivity index (χ0v) is 11.1. The monoisotopic (exact) mass is 240 g/mol. The molecule has 1 aromatic rings. The zero-order valence-electron chi connectivity index (χ0n) is 10.3. The molecule has 0 fully saturated rings. The molecular formula is C13H21ClN2. The van der Waals surface area contributed by atoms with E-state index in [1.165, 1.54) is 0 Å². The van der Waals surface area contributed by atoms with Gasteiger partial charge in [-0.15, -0.1) is 0 Å². The van der Waals surface area contributed by atoms with Crippen LogP contribution in [0.3, 0.4) is 0 Å². The van der Waals surface area contributed by atoms with Crippen LogP contribution < -0.4 is 5.73 Å². The number of rotatable bonds is 5. The lowest BCUT2D eigenvalue weighted by molar-refractivity contribution is 0.123. The minimum Gasteiger partial charge on any atom is -0.313 e. The van der Waals surface area contributed by atoms with Gasteiger partial charge >= 0.3 is 0 Å². The summed E-state index contributed by atoms with van der Waals surface area (Å²) in [7, 11) is 0. The largest absolute Gasteiger partial charge is 0.313 e. The van der Waals surface area contributed by atoms with Gasteiger partial charge in [-0.05, 0) is 31.6 Å². The van der Waals surface area contributed by atoms with Gasteiger partial charge in [-0.25, -0.2) is 0 Å². The minimum absolute atomic E-state index is 0.339.